The molecule has 154 valence electrons. The van der Waals surface area contributed by atoms with Gasteiger partial charge in [0.2, 0.25) is 0 Å². The summed E-state index contributed by atoms with van der Waals surface area (Å²) in [7, 11) is 1.59. The van der Waals surface area contributed by atoms with Crippen molar-refractivity contribution >= 4 is 23.2 Å². The van der Waals surface area contributed by atoms with Gasteiger partial charge < -0.3 is 15.0 Å². The normalized spacial score (nSPS) is 18.8. The van der Waals surface area contributed by atoms with E-state index in [1.165, 1.54) is 4.88 Å². The van der Waals surface area contributed by atoms with Crippen molar-refractivity contribution < 1.29 is 14.3 Å². The number of rotatable bonds is 5. The van der Waals surface area contributed by atoms with E-state index in [1.54, 1.807) is 47.7 Å². The lowest BCUT2D eigenvalue weighted by Crippen LogP contribution is -2.61. The first-order chi connectivity index (χ1) is 14.6. The molecule has 7 heteroatoms. The SMILES string of the molecule is CNC(=O)[C@@]1(Cc2ccc(-c3cccs3)cc2)CN(C(=O)c2ccccn2)CCO1. The summed E-state index contributed by atoms with van der Waals surface area (Å²) in [5.41, 5.74) is 1.35. The lowest BCUT2D eigenvalue weighted by Gasteiger charge is -2.41. The predicted octanol–water partition coefficient (Wildman–Crippen LogP) is 3.01. The first-order valence-corrected chi connectivity index (χ1v) is 10.7. The number of amides is 2. The van der Waals surface area contributed by atoms with Crippen molar-refractivity contribution in [1.29, 1.82) is 0 Å². The van der Waals surface area contributed by atoms with Crippen molar-refractivity contribution in [2.75, 3.05) is 26.7 Å². The maximum Gasteiger partial charge on any atom is 0.272 e. The zero-order valence-electron chi connectivity index (χ0n) is 16.7. The number of pyridine rings is 1. The standard InChI is InChI=1S/C23H23N3O3S/c1-24-22(28)23(15-17-7-9-18(10-8-17)20-6-4-14-30-20)16-26(12-13-29-23)21(27)19-5-2-3-11-25-19/h2-11,14H,12-13,15-16H2,1H3,(H,24,28)/t23-/m1/s1. The van der Waals surface area contributed by atoms with E-state index in [4.69, 9.17) is 4.74 Å². The molecule has 1 aliphatic rings. The average molecular weight is 422 g/mol. The number of benzene rings is 1. The average Bonchev–Trinajstić information content (AvgIpc) is 3.34. The van der Waals surface area contributed by atoms with E-state index in [0.717, 1.165) is 11.1 Å². The first-order valence-electron chi connectivity index (χ1n) is 9.80. The van der Waals surface area contributed by atoms with E-state index in [9.17, 15) is 9.59 Å². The molecule has 0 saturated carbocycles. The molecule has 6 nitrogen and oxygen atoms in total. The molecule has 0 unspecified atom stereocenters. The van der Waals surface area contributed by atoms with Gasteiger partial charge in [0, 0.05) is 31.1 Å². The largest absolute Gasteiger partial charge is 0.361 e. The Bertz CT molecular complexity index is 1010. The molecule has 1 atom stereocenters. The number of morpholine rings is 1. The quantitative estimate of drug-likeness (QED) is 0.688. The summed E-state index contributed by atoms with van der Waals surface area (Å²) in [6.45, 7) is 0.888. The Morgan fingerprint density at radius 3 is 2.67 bits per heavy atom. The number of thiophene rings is 1. The van der Waals surface area contributed by atoms with Crippen molar-refractivity contribution in [2.45, 2.75) is 12.0 Å². The van der Waals surface area contributed by atoms with Gasteiger partial charge in [-0.05, 0) is 34.7 Å². The zero-order valence-corrected chi connectivity index (χ0v) is 17.5. The predicted molar refractivity (Wildman–Crippen MR) is 116 cm³/mol. The van der Waals surface area contributed by atoms with Crippen LogP contribution < -0.4 is 5.32 Å². The Hall–Kier alpha value is -3.03. The molecule has 3 heterocycles. The van der Waals surface area contributed by atoms with Crippen LogP contribution in [0.15, 0.2) is 66.2 Å². The summed E-state index contributed by atoms with van der Waals surface area (Å²) >= 11 is 1.69. The Morgan fingerprint density at radius 1 is 1.17 bits per heavy atom. The summed E-state index contributed by atoms with van der Waals surface area (Å²) < 4.78 is 6.02. The molecule has 0 bridgehead atoms. The van der Waals surface area contributed by atoms with Crippen LogP contribution in [0, 0.1) is 0 Å². The first kappa shape index (κ1) is 20.3. The highest BCUT2D eigenvalue weighted by molar-refractivity contribution is 7.13. The van der Waals surface area contributed by atoms with E-state index < -0.39 is 5.60 Å². The number of likely N-dealkylation sites (N-methyl/N-ethyl adjacent to an activating group) is 1. The molecule has 1 aliphatic heterocycles. The van der Waals surface area contributed by atoms with Gasteiger partial charge in [-0.25, -0.2) is 0 Å². The molecule has 0 spiro atoms. The van der Waals surface area contributed by atoms with Crippen LogP contribution in [0.4, 0.5) is 0 Å². The minimum atomic E-state index is -1.14. The zero-order chi connectivity index (χ0) is 21.0. The summed E-state index contributed by atoms with van der Waals surface area (Å²) in [4.78, 5) is 32.8. The lowest BCUT2D eigenvalue weighted by molar-refractivity contribution is -0.156. The molecule has 1 aromatic carbocycles. The van der Waals surface area contributed by atoms with Crippen molar-refractivity contribution in [3.05, 3.63) is 77.4 Å². The van der Waals surface area contributed by atoms with Crippen LogP contribution in [0.3, 0.4) is 0 Å². The number of hydrogen-bond acceptors (Lipinski definition) is 5. The second kappa shape index (κ2) is 8.77. The van der Waals surface area contributed by atoms with Gasteiger partial charge in [0.05, 0.1) is 13.2 Å². The van der Waals surface area contributed by atoms with Crippen LogP contribution in [0.2, 0.25) is 0 Å². The van der Waals surface area contributed by atoms with Crippen LogP contribution in [0.5, 0.6) is 0 Å². The van der Waals surface area contributed by atoms with Crippen molar-refractivity contribution in [1.82, 2.24) is 15.2 Å². The van der Waals surface area contributed by atoms with E-state index in [0.29, 0.717) is 25.3 Å². The number of ether oxygens (including phenoxy) is 1. The summed E-state index contributed by atoms with van der Waals surface area (Å²) in [6.07, 6.45) is 1.97. The number of hydrogen-bond donors (Lipinski definition) is 1. The van der Waals surface area contributed by atoms with Crippen LogP contribution in [0.1, 0.15) is 16.1 Å². The fourth-order valence-electron chi connectivity index (χ4n) is 3.72. The summed E-state index contributed by atoms with van der Waals surface area (Å²) in [6, 6.07) is 17.5. The number of nitrogens with one attached hydrogen (secondary N) is 1. The number of aromatic nitrogens is 1. The van der Waals surface area contributed by atoms with Gasteiger partial charge in [-0.3, -0.25) is 14.6 Å². The van der Waals surface area contributed by atoms with E-state index in [-0.39, 0.29) is 18.4 Å². The number of nitrogens with zero attached hydrogens (tertiary/aromatic N) is 2. The van der Waals surface area contributed by atoms with Gasteiger partial charge in [-0.2, -0.15) is 0 Å². The lowest BCUT2D eigenvalue weighted by atomic mass is 9.90. The maximum atomic E-state index is 12.9. The monoisotopic (exact) mass is 421 g/mol. The van der Waals surface area contributed by atoms with Crippen molar-refractivity contribution in [3.8, 4) is 10.4 Å². The van der Waals surface area contributed by atoms with Gasteiger partial charge in [0.25, 0.3) is 11.8 Å². The number of carbonyl (C=O) groups is 2. The second-order valence-corrected chi connectivity index (χ2v) is 8.16. The Labute approximate surface area is 179 Å². The van der Waals surface area contributed by atoms with E-state index in [1.807, 2.05) is 23.6 Å². The molecule has 4 rings (SSSR count). The Kier molecular flexibility index (Phi) is 5.92. The highest BCUT2D eigenvalue weighted by Gasteiger charge is 2.44. The molecular weight excluding hydrogens is 398 g/mol. The molecule has 3 aromatic rings. The highest BCUT2D eigenvalue weighted by Crippen LogP contribution is 2.28. The molecule has 2 amide bonds. The molecule has 2 aromatic heterocycles. The van der Waals surface area contributed by atoms with Crippen LogP contribution in [0.25, 0.3) is 10.4 Å². The molecule has 1 fully saturated rings. The van der Waals surface area contributed by atoms with Crippen LogP contribution >= 0.6 is 11.3 Å². The third-order valence-corrected chi connectivity index (χ3v) is 6.17. The second-order valence-electron chi connectivity index (χ2n) is 7.21. The van der Waals surface area contributed by atoms with Crippen LogP contribution in [-0.2, 0) is 16.0 Å². The topological polar surface area (TPSA) is 71.5 Å². The maximum absolute atomic E-state index is 12.9. The Balaban J connectivity index is 1.56. The summed E-state index contributed by atoms with van der Waals surface area (Å²) in [5, 5.41) is 4.76. The molecule has 1 saturated heterocycles. The van der Waals surface area contributed by atoms with E-state index in [2.05, 4.69) is 28.5 Å². The molecule has 0 radical (unpaired) electrons. The van der Waals surface area contributed by atoms with Gasteiger partial charge in [-0.1, -0.05) is 36.4 Å². The van der Waals surface area contributed by atoms with Gasteiger partial charge in [0.15, 0.2) is 5.60 Å². The molecule has 1 N–H and O–H groups in total. The van der Waals surface area contributed by atoms with Gasteiger partial charge in [-0.15, -0.1) is 11.3 Å². The van der Waals surface area contributed by atoms with Gasteiger partial charge >= 0.3 is 0 Å². The van der Waals surface area contributed by atoms with Crippen LogP contribution in [-0.4, -0.2) is 54.0 Å². The number of carbonyl (C=O) groups excluding carboxylic acids is 2. The molecule has 0 aliphatic carbocycles. The minimum Gasteiger partial charge on any atom is -0.361 e. The highest BCUT2D eigenvalue weighted by atomic mass is 32.1. The molecular formula is C23H23N3O3S. The third kappa shape index (κ3) is 4.13. The van der Waals surface area contributed by atoms with Gasteiger partial charge in [0.1, 0.15) is 5.69 Å². The van der Waals surface area contributed by atoms with E-state index >= 15 is 0 Å². The smallest absolute Gasteiger partial charge is 0.272 e. The minimum absolute atomic E-state index is 0.175. The summed E-state index contributed by atoms with van der Waals surface area (Å²) in [5.74, 6) is -0.427. The van der Waals surface area contributed by atoms with Crippen molar-refractivity contribution in [3.63, 3.8) is 0 Å². The molecule has 30 heavy (non-hydrogen) atoms. The fourth-order valence-corrected chi connectivity index (χ4v) is 4.45. The van der Waals surface area contributed by atoms with Crippen molar-refractivity contribution in [2.24, 2.45) is 0 Å². The Morgan fingerprint density at radius 2 is 2.00 bits per heavy atom. The third-order valence-electron chi connectivity index (χ3n) is 5.25. The fraction of sp³-hybridized carbons (Fsp3) is 0.261.